The van der Waals surface area contributed by atoms with Gasteiger partial charge in [-0.1, -0.05) is 60.6 Å². The molecule has 3 heteroatoms. The van der Waals surface area contributed by atoms with Gasteiger partial charge in [-0.05, 0) is 17.2 Å². The number of carbonyl (C=O) groups excluding carboxylic acids is 1. The van der Waals surface area contributed by atoms with E-state index < -0.39 is 5.91 Å². The van der Waals surface area contributed by atoms with E-state index in [1.165, 1.54) is 0 Å². The van der Waals surface area contributed by atoms with Gasteiger partial charge < -0.3 is 5.73 Å². The van der Waals surface area contributed by atoms with Crippen molar-refractivity contribution in [2.45, 2.75) is 0 Å². The summed E-state index contributed by atoms with van der Waals surface area (Å²) in [5.41, 5.74) is 8.15. The highest BCUT2D eigenvalue weighted by molar-refractivity contribution is 6.33. The van der Waals surface area contributed by atoms with Crippen LogP contribution in [0.1, 0.15) is 5.56 Å². The van der Waals surface area contributed by atoms with Crippen LogP contribution in [-0.2, 0) is 4.79 Å². The Balaban J connectivity index is 2.37. The molecule has 0 atom stereocenters. The van der Waals surface area contributed by atoms with Crippen molar-refractivity contribution in [3.8, 4) is 11.1 Å². The van der Waals surface area contributed by atoms with Crippen molar-refractivity contribution in [1.29, 1.82) is 0 Å². The van der Waals surface area contributed by atoms with E-state index >= 15 is 0 Å². The maximum Gasteiger partial charge on any atom is 0.248 e. The Morgan fingerprint density at radius 2 is 1.67 bits per heavy atom. The van der Waals surface area contributed by atoms with Gasteiger partial charge in [0, 0.05) is 16.2 Å². The lowest BCUT2D eigenvalue weighted by Gasteiger charge is -2.06. The van der Waals surface area contributed by atoms with Crippen molar-refractivity contribution in [1.82, 2.24) is 0 Å². The van der Waals surface area contributed by atoms with Gasteiger partial charge >= 0.3 is 0 Å². The van der Waals surface area contributed by atoms with Gasteiger partial charge in [0.15, 0.2) is 0 Å². The van der Waals surface area contributed by atoms with Crippen molar-refractivity contribution in [3.63, 3.8) is 0 Å². The molecule has 90 valence electrons. The van der Waals surface area contributed by atoms with Crippen LogP contribution < -0.4 is 5.73 Å². The molecular formula is C15H12ClNO. The number of hydrogen-bond donors (Lipinski definition) is 1. The molecule has 2 nitrogen and oxygen atoms in total. The van der Waals surface area contributed by atoms with Crippen molar-refractivity contribution in [2.75, 3.05) is 0 Å². The zero-order valence-corrected chi connectivity index (χ0v) is 10.4. The summed E-state index contributed by atoms with van der Waals surface area (Å²) in [6, 6.07) is 15.0. The van der Waals surface area contributed by atoms with Gasteiger partial charge in [0.25, 0.3) is 0 Å². The van der Waals surface area contributed by atoms with Crippen LogP contribution in [0.4, 0.5) is 0 Å². The fourth-order valence-electron chi connectivity index (χ4n) is 1.69. The van der Waals surface area contributed by atoms with Crippen LogP contribution in [0.2, 0.25) is 5.02 Å². The van der Waals surface area contributed by atoms with Crippen LogP contribution >= 0.6 is 11.6 Å². The van der Waals surface area contributed by atoms with E-state index in [4.69, 9.17) is 17.3 Å². The van der Waals surface area contributed by atoms with Gasteiger partial charge in [-0.25, -0.2) is 0 Å². The molecule has 0 heterocycles. The minimum absolute atomic E-state index is 0.306. The predicted molar refractivity (Wildman–Crippen MR) is 75.1 cm³/mol. The first-order chi connectivity index (χ1) is 8.59. The van der Waals surface area contributed by atoms with Crippen LogP contribution in [0, 0.1) is 0 Å². The number of nitrogens with two attached hydrogens (primary N) is 1. The lowest BCUT2D eigenvalue weighted by molar-refractivity contribution is -0.112. The van der Waals surface area contributed by atoms with E-state index in [0.29, 0.717) is 10.6 Å². The summed E-state index contributed by atoms with van der Waals surface area (Å²) in [6.07, 6.45) is 0. The van der Waals surface area contributed by atoms with Gasteiger partial charge in [0.05, 0.1) is 0 Å². The average molecular weight is 258 g/mol. The quantitative estimate of drug-likeness (QED) is 0.840. The first kappa shape index (κ1) is 12.4. The Bertz CT molecular complexity index is 602. The second-order valence-electron chi connectivity index (χ2n) is 3.90. The molecule has 0 aliphatic rings. The Kier molecular flexibility index (Phi) is 3.49. The first-order valence-corrected chi connectivity index (χ1v) is 5.81. The van der Waals surface area contributed by atoms with Crippen molar-refractivity contribution in [2.24, 2.45) is 5.73 Å². The maximum atomic E-state index is 11.0. The second-order valence-corrected chi connectivity index (χ2v) is 4.31. The van der Waals surface area contributed by atoms with Crippen molar-refractivity contribution < 1.29 is 4.79 Å². The summed E-state index contributed by atoms with van der Waals surface area (Å²) in [4.78, 5) is 11.0. The molecule has 0 aliphatic heterocycles. The fourth-order valence-corrected chi connectivity index (χ4v) is 1.93. The second kappa shape index (κ2) is 5.07. The number of benzene rings is 2. The number of carbonyl (C=O) groups is 1. The third-order valence-electron chi connectivity index (χ3n) is 2.72. The first-order valence-electron chi connectivity index (χ1n) is 5.43. The summed E-state index contributed by atoms with van der Waals surface area (Å²) in [6.45, 7) is 3.64. The average Bonchev–Trinajstić information content (AvgIpc) is 2.38. The Hall–Kier alpha value is -2.06. The molecule has 1 amide bonds. The fraction of sp³-hybridized carbons (Fsp3) is 0. The Morgan fingerprint density at radius 3 is 2.22 bits per heavy atom. The number of halogens is 1. The van der Waals surface area contributed by atoms with E-state index in [9.17, 15) is 4.79 Å². The summed E-state index contributed by atoms with van der Waals surface area (Å²) >= 11 is 6.12. The molecule has 2 aromatic rings. The number of amides is 1. The molecule has 0 aliphatic carbocycles. The van der Waals surface area contributed by atoms with Gasteiger partial charge in [-0.15, -0.1) is 0 Å². The minimum Gasteiger partial charge on any atom is -0.366 e. The van der Waals surface area contributed by atoms with Crippen molar-refractivity contribution in [3.05, 3.63) is 65.7 Å². The summed E-state index contributed by atoms with van der Waals surface area (Å²) in [7, 11) is 0. The molecule has 0 aromatic heterocycles. The highest BCUT2D eigenvalue weighted by Gasteiger charge is 2.06. The summed E-state index contributed by atoms with van der Waals surface area (Å²) < 4.78 is 0. The normalized spacial score (nSPS) is 10.1. The molecule has 2 rings (SSSR count). The third kappa shape index (κ3) is 2.44. The summed E-state index contributed by atoms with van der Waals surface area (Å²) in [5, 5.41) is 0.693. The molecule has 0 fully saturated rings. The Morgan fingerprint density at radius 1 is 1.06 bits per heavy atom. The van der Waals surface area contributed by atoms with Crippen LogP contribution in [0.5, 0.6) is 0 Å². The number of rotatable bonds is 3. The molecule has 0 bridgehead atoms. The lowest BCUT2D eigenvalue weighted by Crippen LogP contribution is -2.11. The molecule has 0 radical (unpaired) electrons. The molecule has 0 unspecified atom stereocenters. The standard InChI is InChI=1S/C15H12ClNO/c1-10(15(17)18)11-6-8-12(9-7-11)13-4-2-3-5-14(13)16/h2-9H,1H2,(H2,17,18). The molecule has 0 spiro atoms. The molecule has 0 saturated heterocycles. The Labute approximate surface area is 111 Å². The SMILES string of the molecule is C=C(C(N)=O)c1ccc(-c2ccccc2Cl)cc1. The van der Waals surface area contributed by atoms with E-state index in [1.54, 1.807) is 0 Å². The van der Waals surface area contributed by atoms with Gasteiger partial charge in [-0.2, -0.15) is 0 Å². The zero-order chi connectivity index (χ0) is 13.1. The van der Waals surface area contributed by atoms with Crippen LogP contribution in [0.15, 0.2) is 55.1 Å². The largest absolute Gasteiger partial charge is 0.366 e. The van der Waals surface area contributed by atoms with Crippen LogP contribution in [0.25, 0.3) is 16.7 Å². The highest BCUT2D eigenvalue weighted by atomic mass is 35.5. The molecule has 0 saturated carbocycles. The van der Waals surface area contributed by atoms with Crippen LogP contribution in [-0.4, -0.2) is 5.91 Å². The zero-order valence-electron chi connectivity index (χ0n) is 9.69. The highest BCUT2D eigenvalue weighted by Crippen LogP contribution is 2.28. The predicted octanol–water partition coefficient (Wildman–Crippen LogP) is 3.51. The van der Waals surface area contributed by atoms with Crippen LogP contribution in [0.3, 0.4) is 0 Å². The maximum absolute atomic E-state index is 11.0. The lowest BCUT2D eigenvalue weighted by atomic mass is 10.0. The molecule has 2 N–H and O–H groups in total. The van der Waals surface area contributed by atoms with Gasteiger partial charge in [0.1, 0.15) is 0 Å². The van der Waals surface area contributed by atoms with E-state index in [1.807, 2.05) is 48.5 Å². The number of hydrogen-bond acceptors (Lipinski definition) is 1. The summed E-state index contributed by atoms with van der Waals surface area (Å²) in [5.74, 6) is -0.513. The van der Waals surface area contributed by atoms with E-state index in [-0.39, 0.29) is 0 Å². The van der Waals surface area contributed by atoms with E-state index in [2.05, 4.69) is 6.58 Å². The molecular weight excluding hydrogens is 246 g/mol. The monoisotopic (exact) mass is 257 g/mol. The van der Waals surface area contributed by atoms with Gasteiger partial charge in [0.2, 0.25) is 5.91 Å². The molecule has 2 aromatic carbocycles. The van der Waals surface area contributed by atoms with Crippen molar-refractivity contribution >= 4 is 23.1 Å². The number of primary amides is 1. The molecule has 18 heavy (non-hydrogen) atoms. The van der Waals surface area contributed by atoms with E-state index in [0.717, 1.165) is 16.7 Å². The van der Waals surface area contributed by atoms with Gasteiger partial charge in [-0.3, -0.25) is 4.79 Å². The third-order valence-corrected chi connectivity index (χ3v) is 3.05. The smallest absolute Gasteiger partial charge is 0.248 e. The minimum atomic E-state index is -0.513. The topological polar surface area (TPSA) is 43.1 Å².